The van der Waals surface area contributed by atoms with Gasteiger partial charge in [-0.1, -0.05) is 73.9 Å². The third-order valence-electron chi connectivity index (χ3n) is 7.41. The normalized spacial score (nSPS) is 14.1. The summed E-state index contributed by atoms with van der Waals surface area (Å²) in [5.74, 6) is -1.23. The van der Waals surface area contributed by atoms with E-state index in [4.69, 9.17) is 4.74 Å². The number of carbonyl (C=O) groups excluding carboxylic acids is 1. The van der Waals surface area contributed by atoms with Crippen LogP contribution in [0.25, 0.3) is 11.1 Å². The minimum atomic E-state index is -1.10. The van der Waals surface area contributed by atoms with Crippen molar-refractivity contribution in [3.05, 3.63) is 82.4 Å². The van der Waals surface area contributed by atoms with E-state index in [2.05, 4.69) is 6.92 Å². The zero-order valence-corrected chi connectivity index (χ0v) is 22.9. The van der Waals surface area contributed by atoms with Gasteiger partial charge in [0.2, 0.25) is 0 Å². The zero-order valence-electron chi connectivity index (χ0n) is 22.9. The Balaban J connectivity index is 1.84. The molecule has 0 fully saturated rings. The molecule has 0 spiro atoms. The lowest BCUT2D eigenvalue weighted by Gasteiger charge is -2.36. The first-order valence-electron chi connectivity index (χ1n) is 13.3. The number of rotatable bonds is 9. The first-order chi connectivity index (χ1) is 18.0. The van der Waals surface area contributed by atoms with Gasteiger partial charge in [0.15, 0.2) is 0 Å². The van der Waals surface area contributed by atoms with E-state index >= 15 is 0 Å². The topological polar surface area (TPSA) is 87.1 Å². The van der Waals surface area contributed by atoms with E-state index in [0.29, 0.717) is 23.3 Å². The quantitative estimate of drug-likeness (QED) is 0.318. The highest BCUT2D eigenvalue weighted by atomic mass is 16.5. The summed E-state index contributed by atoms with van der Waals surface area (Å²) in [7, 11) is 1.50. The number of likely N-dealkylation sites (N-methyl/N-ethyl adjacent to an activating group) is 1. The van der Waals surface area contributed by atoms with E-state index in [1.54, 1.807) is 0 Å². The summed E-state index contributed by atoms with van der Waals surface area (Å²) < 4.78 is 6.39. The van der Waals surface area contributed by atoms with Gasteiger partial charge in [-0.15, -0.1) is 0 Å². The number of unbranched alkanes of at least 4 members (excludes halogenated alkanes) is 2. The first kappa shape index (κ1) is 27.2. The van der Waals surface area contributed by atoms with Gasteiger partial charge < -0.3 is 19.8 Å². The Hall–Kier alpha value is -3.80. The van der Waals surface area contributed by atoms with Crippen LogP contribution in [0.2, 0.25) is 0 Å². The van der Waals surface area contributed by atoms with Gasteiger partial charge in [0.05, 0.1) is 11.1 Å². The molecule has 4 rings (SSSR count). The molecule has 1 amide bonds. The Morgan fingerprint density at radius 1 is 1.05 bits per heavy atom. The lowest BCUT2D eigenvalue weighted by molar-refractivity contribution is -0.141. The van der Waals surface area contributed by atoms with Gasteiger partial charge in [0.1, 0.15) is 23.1 Å². The fourth-order valence-electron chi connectivity index (χ4n) is 5.30. The van der Waals surface area contributed by atoms with Crippen molar-refractivity contribution in [2.45, 2.75) is 71.4 Å². The third kappa shape index (κ3) is 5.26. The zero-order chi connectivity index (χ0) is 27.6. The van der Waals surface area contributed by atoms with Crippen LogP contribution in [0.5, 0.6) is 11.5 Å². The number of ether oxygens (including phenoxy) is 1. The number of aromatic hydroxyl groups is 1. The van der Waals surface area contributed by atoms with Crippen molar-refractivity contribution in [1.82, 2.24) is 4.90 Å². The van der Waals surface area contributed by atoms with Crippen molar-refractivity contribution in [2.24, 2.45) is 0 Å². The van der Waals surface area contributed by atoms with Crippen LogP contribution in [0.1, 0.15) is 72.6 Å². The van der Waals surface area contributed by atoms with Gasteiger partial charge >= 0.3 is 5.97 Å². The Morgan fingerprint density at radius 2 is 1.76 bits per heavy atom. The smallest absolute Gasteiger partial charge is 0.326 e. The maximum atomic E-state index is 14.0. The molecule has 6 nitrogen and oxygen atoms in total. The molecule has 200 valence electrons. The minimum Gasteiger partial charge on any atom is -0.506 e. The Morgan fingerprint density at radius 3 is 2.42 bits per heavy atom. The molecule has 2 N–H and O–H groups in total. The number of phenols is 1. The van der Waals surface area contributed by atoms with E-state index in [1.807, 2.05) is 75.4 Å². The standard InChI is InChI=1S/C32H37NO5/c1-6-7-9-14-22-19-26-28(23-17-20(2)15-16-24(23)32(3,4)38-26)29(34)27(22)30(35)33(5)25(31(36)37)18-21-12-10-8-11-13-21/h8,10-13,15-17,19,25,34H,6-7,9,14,18H2,1-5H3,(H,36,37)/t25-/m0/s1. The van der Waals surface area contributed by atoms with Crippen LogP contribution in [-0.2, 0) is 23.2 Å². The van der Waals surface area contributed by atoms with Crippen molar-refractivity contribution >= 4 is 11.9 Å². The van der Waals surface area contributed by atoms with E-state index in [-0.39, 0.29) is 17.7 Å². The van der Waals surface area contributed by atoms with Crippen LogP contribution in [0.3, 0.4) is 0 Å². The highest BCUT2D eigenvalue weighted by Gasteiger charge is 2.38. The van der Waals surface area contributed by atoms with Crippen molar-refractivity contribution in [3.63, 3.8) is 0 Å². The van der Waals surface area contributed by atoms with Gasteiger partial charge in [0, 0.05) is 19.0 Å². The van der Waals surface area contributed by atoms with Crippen molar-refractivity contribution in [1.29, 1.82) is 0 Å². The minimum absolute atomic E-state index is 0.150. The summed E-state index contributed by atoms with van der Waals surface area (Å²) >= 11 is 0. The second kappa shape index (κ2) is 10.9. The number of amides is 1. The molecule has 0 aromatic heterocycles. The number of fused-ring (bicyclic) bond motifs is 3. The molecule has 0 saturated carbocycles. The van der Waals surface area contributed by atoms with Crippen LogP contribution in [0, 0.1) is 6.92 Å². The monoisotopic (exact) mass is 515 g/mol. The van der Waals surface area contributed by atoms with Crippen LogP contribution in [0.4, 0.5) is 0 Å². The number of carboxylic acid groups (broad SMARTS) is 1. The highest BCUT2D eigenvalue weighted by molar-refractivity contribution is 6.03. The van der Waals surface area contributed by atoms with Gasteiger partial charge in [-0.3, -0.25) is 4.79 Å². The van der Waals surface area contributed by atoms with Crippen molar-refractivity contribution in [3.8, 4) is 22.6 Å². The van der Waals surface area contributed by atoms with Gasteiger partial charge in [0.25, 0.3) is 5.91 Å². The predicted molar refractivity (Wildman–Crippen MR) is 149 cm³/mol. The number of phenolic OH excluding ortho intramolecular Hbond substituents is 1. The van der Waals surface area contributed by atoms with E-state index < -0.39 is 23.5 Å². The van der Waals surface area contributed by atoms with Crippen LogP contribution < -0.4 is 4.74 Å². The van der Waals surface area contributed by atoms with Gasteiger partial charge in [-0.25, -0.2) is 4.79 Å². The fraction of sp³-hybridized carbons (Fsp3) is 0.375. The highest BCUT2D eigenvalue weighted by Crippen LogP contribution is 2.51. The number of hydrogen-bond acceptors (Lipinski definition) is 4. The number of nitrogens with zero attached hydrogens (tertiary/aromatic N) is 1. The number of hydrogen-bond donors (Lipinski definition) is 2. The molecular weight excluding hydrogens is 478 g/mol. The molecule has 6 heteroatoms. The number of carboxylic acids is 1. The molecule has 1 aliphatic heterocycles. The van der Waals surface area contributed by atoms with Crippen LogP contribution in [-0.4, -0.2) is 40.1 Å². The average molecular weight is 516 g/mol. The molecule has 1 aliphatic rings. The summed E-state index contributed by atoms with van der Waals surface area (Å²) in [5, 5.41) is 21.8. The molecule has 0 unspecified atom stereocenters. The number of carbonyl (C=O) groups is 2. The van der Waals surface area contributed by atoms with Crippen molar-refractivity contribution in [2.75, 3.05) is 7.05 Å². The second-order valence-electron chi connectivity index (χ2n) is 10.7. The maximum absolute atomic E-state index is 14.0. The molecule has 38 heavy (non-hydrogen) atoms. The Bertz CT molecular complexity index is 1350. The summed E-state index contributed by atoms with van der Waals surface area (Å²) in [6.07, 6.45) is 3.55. The maximum Gasteiger partial charge on any atom is 0.326 e. The van der Waals surface area contributed by atoms with E-state index in [0.717, 1.165) is 41.5 Å². The van der Waals surface area contributed by atoms with Gasteiger partial charge in [-0.2, -0.15) is 0 Å². The fourth-order valence-corrected chi connectivity index (χ4v) is 5.30. The number of aliphatic carboxylic acids is 1. The molecule has 3 aromatic rings. The molecular formula is C32H37NO5. The molecule has 0 radical (unpaired) electrons. The Kier molecular flexibility index (Phi) is 7.81. The van der Waals surface area contributed by atoms with Crippen molar-refractivity contribution < 1.29 is 24.5 Å². The summed E-state index contributed by atoms with van der Waals surface area (Å²) in [4.78, 5) is 27.5. The summed E-state index contributed by atoms with van der Waals surface area (Å²) in [5.41, 5.74) is 4.27. The lowest BCUT2D eigenvalue weighted by atomic mass is 9.83. The molecule has 0 bridgehead atoms. The predicted octanol–water partition coefficient (Wildman–Crippen LogP) is 6.50. The third-order valence-corrected chi connectivity index (χ3v) is 7.41. The van der Waals surface area contributed by atoms with E-state index in [1.165, 1.54) is 11.9 Å². The summed E-state index contributed by atoms with van der Waals surface area (Å²) in [6, 6.07) is 16.0. The molecule has 3 aromatic carbocycles. The first-order valence-corrected chi connectivity index (χ1v) is 13.3. The van der Waals surface area contributed by atoms with Crippen LogP contribution >= 0.6 is 0 Å². The van der Waals surface area contributed by atoms with Gasteiger partial charge in [-0.05, 0) is 56.4 Å². The SMILES string of the molecule is CCCCCc1cc2c(c(O)c1C(=O)N(C)[C@@H](Cc1ccccc1)C(=O)O)-c1cc(C)ccc1C(C)(C)O2. The molecule has 0 saturated heterocycles. The number of aryl methyl sites for hydroxylation is 2. The average Bonchev–Trinajstić information content (AvgIpc) is 2.86. The largest absolute Gasteiger partial charge is 0.506 e. The van der Waals surface area contributed by atoms with E-state index in [9.17, 15) is 19.8 Å². The Labute approximate surface area is 224 Å². The summed E-state index contributed by atoms with van der Waals surface area (Å²) in [6.45, 7) is 8.08. The van der Waals surface area contributed by atoms with Crippen LogP contribution in [0.15, 0.2) is 54.6 Å². The lowest BCUT2D eigenvalue weighted by Crippen LogP contribution is -2.44. The molecule has 1 heterocycles. The molecule has 0 aliphatic carbocycles. The molecule has 1 atom stereocenters. The second-order valence-corrected chi connectivity index (χ2v) is 10.7. The number of benzene rings is 3.